The van der Waals surface area contributed by atoms with Gasteiger partial charge in [0.25, 0.3) is 0 Å². The van der Waals surface area contributed by atoms with Crippen molar-refractivity contribution in [2.75, 3.05) is 11.9 Å². The lowest BCUT2D eigenvalue weighted by Gasteiger charge is -2.15. The van der Waals surface area contributed by atoms with E-state index in [1.807, 2.05) is 0 Å². The van der Waals surface area contributed by atoms with Gasteiger partial charge in [0.15, 0.2) is 0 Å². The molecule has 0 aromatic heterocycles. The molecule has 0 rings (SSSR count). The first kappa shape index (κ1) is 19.4. The van der Waals surface area contributed by atoms with Crippen molar-refractivity contribution in [2.45, 2.75) is 71.3 Å². The lowest BCUT2D eigenvalue weighted by Crippen LogP contribution is -2.26. The molecule has 4 nitrogen and oxygen atoms in total. The summed E-state index contributed by atoms with van der Waals surface area (Å²) < 4.78 is 10.4. The van der Waals surface area contributed by atoms with Crippen molar-refractivity contribution >= 4 is 27.9 Å². The molecule has 0 saturated heterocycles. The van der Waals surface area contributed by atoms with Crippen LogP contribution in [0.1, 0.15) is 65.2 Å². The third kappa shape index (κ3) is 11.3. The normalized spacial score (nSPS) is 11.9. The van der Waals surface area contributed by atoms with Gasteiger partial charge in [0.2, 0.25) is 0 Å². The van der Waals surface area contributed by atoms with Crippen molar-refractivity contribution in [3.8, 4) is 0 Å². The van der Waals surface area contributed by atoms with Gasteiger partial charge < -0.3 is 9.47 Å². The van der Waals surface area contributed by atoms with Crippen LogP contribution in [-0.2, 0) is 19.1 Å². The smallest absolute Gasteiger partial charge is 0.306 e. The number of unbranched alkanes of at least 4 members (excludes halogenated alkanes) is 4. The Bertz CT molecular complexity index is 269. The molecule has 0 radical (unpaired) electrons. The zero-order valence-electron chi connectivity index (χ0n) is 12.7. The van der Waals surface area contributed by atoms with Gasteiger partial charge in [0, 0.05) is 18.2 Å². The Morgan fingerprint density at radius 3 is 2.00 bits per heavy atom. The van der Waals surface area contributed by atoms with E-state index in [2.05, 4.69) is 29.8 Å². The van der Waals surface area contributed by atoms with Crippen LogP contribution in [0.5, 0.6) is 0 Å². The highest BCUT2D eigenvalue weighted by atomic mass is 79.9. The van der Waals surface area contributed by atoms with Crippen LogP contribution in [-0.4, -0.2) is 30.0 Å². The summed E-state index contributed by atoms with van der Waals surface area (Å²) in [4.78, 5) is 23.0. The Balaban J connectivity index is 3.79. The van der Waals surface area contributed by atoms with Gasteiger partial charge in [-0.15, -0.1) is 0 Å². The molecule has 0 N–H and O–H groups in total. The van der Waals surface area contributed by atoms with Gasteiger partial charge in [-0.05, 0) is 12.8 Å². The van der Waals surface area contributed by atoms with Crippen molar-refractivity contribution in [1.82, 2.24) is 0 Å². The zero-order chi connectivity index (χ0) is 15.2. The molecular weight excluding hydrogens is 324 g/mol. The van der Waals surface area contributed by atoms with Crippen molar-refractivity contribution < 1.29 is 19.1 Å². The number of carbonyl (C=O) groups excluding carboxylic acids is 2. The fourth-order valence-corrected chi connectivity index (χ4v) is 1.97. The van der Waals surface area contributed by atoms with Gasteiger partial charge in [-0.1, -0.05) is 55.5 Å². The Hall–Kier alpha value is -0.580. The Labute approximate surface area is 130 Å². The molecule has 20 heavy (non-hydrogen) atoms. The first-order valence-corrected chi connectivity index (χ1v) is 8.67. The highest BCUT2D eigenvalue weighted by Crippen LogP contribution is 2.07. The predicted octanol–water partition coefficient (Wildman–Crippen LogP) is 4.00. The zero-order valence-corrected chi connectivity index (χ0v) is 14.2. The summed E-state index contributed by atoms with van der Waals surface area (Å²) in [5.41, 5.74) is 0. The summed E-state index contributed by atoms with van der Waals surface area (Å²) in [6.45, 7) is 4.31. The molecule has 0 spiro atoms. The van der Waals surface area contributed by atoms with Crippen LogP contribution in [0.25, 0.3) is 0 Å². The monoisotopic (exact) mass is 350 g/mol. The fraction of sp³-hybridized carbons (Fsp3) is 0.867. The van der Waals surface area contributed by atoms with Crippen molar-refractivity contribution in [1.29, 1.82) is 0 Å². The summed E-state index contributed by atoms with van der Waals surface area (Å²) >= 11 is 3.27. The molecule has 0 fully saturated rings. The van der Waals surface area contributed by atoms with Crippen LogP contribution >= 0.6 is 15.9 Å². The molecule has 5 heteroatoms. The molecule has 0 aliphatic carbocycles. The molecule has 0 aliphatic rings. The lowest BCUT2D eigenvalue weighted by molar-refractivity contribution is -0.157. The maximum atomic E-state index is 11.6. The summed E-state index contributed by atoms with van der Waals surface area (Å²) in [6, 6.07) is 0. The van der Waals surface area contributed by atoms with Gasteiger partial charge >= 0.3 is 11.9 Å². The number of esters is 2. The van der Waals surface area contributed by atoms with Crippen LogP contribution in [0.2, 0.25) is 0 Å². The van der Waals surface area contributed by atoms with Gasteiger partial charge in [-0.3, -0.25) is 9.59 Å². The average molecular weight is 351 g/mol. The van der Waals surface area contributed by atoms with E-state index >= 15 is 0 Å². The number of rotatable bonds is 12. The minimum absolute atomic E-state index is 0.135. The van der Waals surface area contributed by atoms with Crippen LogP contribution in [0.4, 0.5) is 0 Å². The van der Waals surface area contributed by atoms with Gasteiger partial charge in [0.05, 0.1) is 0 Å². The number of hydrogen-bond donors (Lipinski definition) is 0. The largest absolute Gasteiger partial charge is 0.462 e. The molecule has 0 bridgehead atoms. The van der Waals surface area contributed by atoms with E-state index in [0.29, 0.717) is 18.2 Å². The highest BCUT2D eigenvalue weighted by Gasteiger charge is 2.15. The number of halogens is 1. The second kappa shape index (κ2) is 13.4. The third-order valence-electron chi connectivity index (χ3n) is 2.87. The summed E-state index contributed by atoms with van der Waals surface area (Å²) in [5.74, 6) is -0.434. The Morgan fingerprint density at radius 2 is 1.50 bits per heavy atom. The first-order chi connectivity index (χ1) is 9.63. The molecule has 1 atom stereocenters. The van der Waals surface area contributed by atoms with Crippen molar-refractivity contribution in [3.05, 3.63) is 0 Å². The standard InChI is InChI=1S/C15H27BrO4/c1-3-5-7-9-14(17)19-12-13(11-16)20-15(18)10-8-6-4-2/h13H,3-12H2,1-2H3/t13-/m1/s1. The summed E-state index contributed by atoms with van der Waals surface area (Å²) in [5, 5.41) is 0.481. The maximum Gasteiger partial charge on any atom is 0.306 e. The van der Waals surface area contributed by atoms with Crippen LogP contribution in [0.3, 0.4) is 0 Å². The number of ether oxygens (including phenoxy) is 2. The van der Waals surface area contributed by atoms with E-state index in [4.69, 9.17) is 9.47 Å². The molecule has 0 saturated carbocycles. The van der Waals surface area contributed by atoms with Gasteiger partial charge in [0.1, 0.15) is 12.7 Å². The van der Waals surface area contributed by atoms with E-state index in [1.54, 1.807) is 0 Å². The second-order valence-electron chi connectivity index (χ2n) is 4.86. The number of hydrogen-bond acceptors (Lipinski definition) is 4. The minimum atomic E-state index is -0.390. The fourth-order valence-electron chi connectivity index (χ4n) is 1.65. The molecule has 0 heterocycles. The second-order valence-corrected chi connectivity index (χ2v) is 5.51. The lowest BCUT2D eigenvalue weighted by atomic mass is 10.2. The first-order valence-electron chi connectivity index (χ1n) is 7.55. The molecule has 0 aromatic carbocycles. The van der Waals surface area contributed by atoms with Crippen LogP contribution in [0.15, 0.2) is 0 Å². The molecule has 0 unspecified atom stereocenters. The van der Waals surface area contributed by atoms with Crippen LogP contribution in [0, 0.1) is 0 Å². The van der Waals surface area contributed by atoms with Crippen LogP contribution < -0.4 is 0 Å². The van der Waals surface area contributed by atoms with Gasteiger partial charge in [-0.25, -0.2) is 0 Å². The third-order valence-corrected chi connectivity index (χ3v) is 3.59. The Morgan fingerprint density at radius 1 is 0.950 bits per heavy atom. The SMILES string of the molecule is CCCCCC(=O)OC[C@@H](CBr)OC(=O)CCCCC. The number of alkyl halides is 1. The van der Waals surface area contributed by atoms with E-state index in [0.717, 1.165) is 38.5 Å². The Kier molecular flexibility index (Phi) is 13.0. The minimum Gasteiger partial charge on any atom is -0.462 e. The molecule has 0 aromatic rings. The quantitative estimate of drug-likeness (QED) is 0.303. The van der Waals surface area contributed by atoms with Crippen molar-refractivity contribution in [2.24, 2.45) is 0 Å². The topological polar surface area (TPSA) is 52.6 Å². The van der Waals surface area contributed by atoms with Gasteiger partial charge in [-0.2, -0.15) is 0 Å². The molecule has 118 valence electrons. The van der Waals surface area contributed by atoms with E-state index in [9.17, 15) is 9.59 Å². The summed E-state index contributed by atoms with van der Waals surface area (Å²) in [7, 11) is 0. The molecule has 0 aliphatic heterocycles. The predicted molar refractivity (Wildman–Crippen MR) is 82.9 cm³/mol. The maximum absolute atomic E-state index is 11.6. The van der Waals surface area contributed by atoms with E-state index in [-0.39, 0.29) is 24.6 Å². The number of carbonyl (C=O) groups is 2. The van der Waals surface area contributed by atoms with E-state index < -0.39 is 0 Å². The molecular formula is C15H27BrO4. The summed E-state index contributed by atoms with van der Waals surface area (Å²) in [6.07, 6.45) is 6.39. The average Bonchev–Trinajstić information content (AvgIpc) is 2.44. The van der Waals surface area contributed by atoms with Crippen molar-refractivity contribution in [3.63, 3.8) is 0 Å². The highest BCUT2D eigenvalue weighted by molar-refractivity contribution is 9.09. The molecule has 0 amide bonds. The van der Waals surface area contributed by atoms with E-state index in [1.165, 1.54) is 0 Å².